The summed E-state index contributed by atoms with van der Waals surface area (Å²) >= 11 is 0. The molecule has 0 aliphatic rings. The second-order valence-electron chi connectivity index (χ2n) is 7.02. The molecule has 29 heavy (non-hydrogen) atoms. The Morgan fingerprint density at radius 2 is 1.41 bits per heavy atom. The van der Waals surface area contributed by atoms with Gasteiger partial charge in [-0.2, -0.15) is 0 Å². The zero-order valence-corrected chi connectivity index (χ0v) is 18.0. The Bertz CT molecular complexity index is 886. The average Bonchev–Trinajstić information content (AvgIpc) is 2.73. The van der Waals surface area contributed by atoms with Crippen LogP contribution >= 0.6 is 0 Å². The van der Waals surface area contributed by atoms with Crippen LogP contribution in [0.4, 0.5) is 0 Å². The van der Waals surface area contributed by atoms with Crippen LogP contribution in [0.5, 0.6) is 0 Å². The molecule has 0 aliphatic carbocycles. The van der Waals surface area contributed by atoms with E-state index in [9.17, 15) is 4.79 Å². The predicted molar refractivity (Wildman–Crippen MR) is 118 cm³/mol. The van der Waals surface area contributed by atoms with Gasteiger partial charge < -0.3 is 4.74 Å². The second-order valence-corrected chi connectivity index (χ2v) is 7.02. The molecule has 0 saturated heterocycles. The second kappa shape index (κ2) is 11.1. The minimum Gasteiger partial charge on any atom is -0.469 e. The molecule has 2 aromatic carbocycles. The summed E-state index contributed by atoms with van der Waals surface area (Å²) in [5.41, 5.74) is 4.88. The van der Waals surface area contributed by atoms with Crippen molar-refractivity contribution >= 4 is 5.97 Å². The summed E-state index contributed by atoms with van der Waals surface area (Å²) in [5, 5.41) is 0. The lowest BCUT2D eigenvalue weighted by Crippen LogP contribution is -2.18. The smallest absolute Gasteiger partial charge is 0.313 e. The lowest BCUT2D eigenvalue weighted by molar-refractivity contribution is -0.142. The Morgan fingerprint density at radius 3 is 1.83 bits per heavy atom. The number of benzene rings is 2. The van der Waals surface area contributed by atoms with Gasteiger partial charge in [0.2, 0.25) is 0 Å². The molecule has 3 rings (SSSR count). The largest absolute Gasteiger partial charge is 0.469 e. The minimum absolute atomic E-state index is 0.218. The van der Waals surface area contributed by atoms with Crippen LogP contribution in [0.2, 0.25) is 0 Å². The fraction of sp³-hybridized carbons (Fsp3) is 0.320. The topological polar surface area (TPSA) is 52.1 Å². The number of rotatable bonds is 5. The molecule has 1 heterocycles. The van der Waals surface area contributed by atoms with Gasteiger partial charge in [0.1, 0.15) is 0 Å². The fourth-order valence-electron chi connectivity index (χ4n) is 3.29. The van der Waals surface area contributed by atoms with Crippen molar-refractivity contribution in [2.24, 2.45) is 0 Å². The zero-order chi connectivity index (χ0) is 21.2. The van der Waals surface area contributed by atoms with Gasteiger partial charge in [0.15, 0.2) is 5.82 Å². The van der Waals surface area contributed by atoms with Crippen molar-refractivity contribution in [1.29, 1.82) is 0 Å². The molecule has 1 atom stereocenters. The van der Waals surface area contributed by atoms with E-state index >= 15 is 0 Å². The van der Waals surface area contributed by atoms with Crippen LogP contribution in [0.25, 0.3) is 11.4 Å². The predicted octanol–water partition coefficient (Wildman–Crippen LogP) is 5.81. The SMILES string of the molecule is CCCC(C(=O)OC)c1c(C)nc(-c2ccccc2)nc1C.Cc1ccccc1. The highest BCUT2D eigenvalue weighted by Crippen LogP contribution is 2.29. The Labute approximate surface area is 174 Å². The summed E-state index contributed by atoms with van der Waals surface area (Å²) in [6.45, 7) is 8.00. The lowest BCUT2D eigenvalue weighted by Gasteiger charge is -2.18. The van der Waals surface area contributed by atoms with E-state index in [0.29, 0.717) is 5.82 Å². The molecule has 1 unspecified atom stereocenters. The van der Waals surface area contributed by atoms with Crippen molar-refractivity contribution in [3.8, 4) is 11.4 Å². The van der Waals surface area contributed by atoms with Crippen LogP contribution in [0.3, 0.4) is 0 Å². The number of carbonyl (C=O) groups is 1. The van der Waals surface area contributed by atoms with Crippen LogP contribution in [0, 0.1) is 20.8 Å². The lowest BCUT2D eigenvalue weighted by atomic mass is 9.92. The molecule has 4 heteroatoms. The molecule has 0 amide bonds. The Morgan fingerprint density at radius 1 is 0.897 bits per heavy atom. The fourth-order valence-corrected chi connectivity index (χ4v) is 3.29. The molecule has 0 N–H and O–H groups in total. The van der Waals surface area contributed by atoms with E-state index in [1.54, 1.807) is 0 Å². The first kappa shape index (κ1) is 22.3. The van der Waals surface area contributed by atoms with Gasteiger partial charge in [0.05, 0.1) is 13.0 Å². The van der Waals surface area contributed by atoms with Gasteiger partial charge in [-0.05, 0) is 27.2 Å². The minimum atomic E-state index is -0.292. The summed E-state index contributed by atoms with van der Waals surface area (Å²) in [7, 11) is 1.43. The maximum absolute atomic E-state index is 12.1. The van der Waals surface area contributed by atoms with Gasteiger partial charge in [-0.25, -0.2) is 9.97 Å². The van der Waals surface area contributed by atoms with Gasteiger partial charge in [-0.1, -0.05) is 79.6 Å². The summed E-state index contributed by atoms with van der Waals surface area (Å²) in [5.74, 6) is 0.184. The Kier molecular flexibility index (Phi) is 8.53. The first-order chi connectivity index (χ1) is 14.0. The third-order valence-electron chi connectivity index (χ3n) is 4.71. The van der Waals surface area contributed by atoms with Gasteiger partial charge in [-0.15, -0.1) is 0 Å². The first-order valence-corrected chi connectivity index (χ1v) is 9.97. The molecule has 4 nitrogen and oxygen atoms in total. The highest BCUT2D eigenvalue weighted by Gasteiger charge is 2.26. The molecule has 152 valence electrons. The molecule has 0 spiro atoms. The van der Waals surface area contributed by atoms with Crippen LogP contribution in [-0.2, 0) is 9.53 Å². The van der Waals surface area contributed by atoms with Gasteiger partial charge >= 0.3 is 5.97 Å². The average molecular weight is 391 g/mol. The van der Waals surface area contributed by atoms with Crippen molar-refractivity contribution in [1.82, 2.24) is 9.97 Å². The zero-order valence-electron chi connectivity index (χ0n) is 18.0. The maximum Gasteiger partial charge on any atom is 0.313 e. The Balaban J connectivity index is 0.000000360. The highest BCUT2D eigenvalue weighted by atomic mass is 16.5. The molecule has 0 radical (unpaired) electrons. The van der Waals surface area contributed by atoms with Gasteiger partial charge in [-0.3, -0.25) is 4.79 Å². The molecule has 3 aromatic rings. The maximum atomic E-state index is 12.1. The third-order valence-corrected chi connectivity index (χ3v) is 4.71. The van der Waals surface area contributed by atoms with Crippen LogP contribution in [0.15, 0.2) is 60.7 Å². The normalized spacial score (nSPS) is 11.2. The summed E-state index contributed by atoms with van der Waals surface area (Å²) < 4.78 is 4.95. The standard InChI is InChI=1S/C18H22N2O2.C7H8/c1-5-9-15(18(21)22-4)16-12(2)19-17(20-13(16)3)14-10-7-6-8-11-14;1-7-5-3-2-4-6-7/h6-8,10-11,15H,5,9H2,1-4H3;2-6H,1H3. The summed E-state index contributed by atoms with van der Waals surface area (Å²) in [6, 6.07) is 20.1. The van der Waals surface area contributed by atoms with Crippen molar-refractivity contribution < 1.29 is 9.53 Å². The third kappa shape index (κ3) is 6.24. The number of esters is 1. The number of hydrogen-bond donors (Lipinski definition) is 0. The molecule has 0 aliphatic heterocycles. The van der Waals surface area contributed by atoms with E-state index in [1.807, 2.05) is 62.4 Å². The first-order valence-electron chi connectivity index (χ1n) is 9.97. The number of methoxy groups -OCH3 is 1. The van der Waals surface area contributed by atoms with Crippen LogP contribution in [0.1, 0.15) is 48.2 Å². The number of aromatic nitrogens is 2. The molecule has 0 fully saturated rings. The van der Waals surface area contributed by atoms with E-state index in [1.165, 1.54) is 12.7 Å². The monoisotopic (exact) mass is 390 g/mol. The molecule has 1 aromatic heterocycles. The number of carbonyl (C=O) groups excluding carboxylic acids is 1. The van der Waals surface area contributed by atoms with E-state index in [4.69, 9.17) is 4.74 Å². The van der Waals surface area contributed by atoms with Crippen LogP contribution in [-0.4, -0.2) is 23.0 Å². The molecule has 0 saturated carbocycles. The quantitative estimate of drug-likeness (QED) is 0.516. The highest BCUT2D eigenvalue weighted by molar-refractivity contribution is 5.79. The van der Waals surface area contributed by atoms with Crippen molar-refractivity contribution in [2.45, 2.75) is 46.5 Å². The summed E-state index contributed by atoms with van der Waals surface area (Å²) in [6.07, 6.45) is 1.64. The van der Waals surface area contributed by atoms with E-state index in [-0.39, 0.29) is 11.9 Å². The van der Waals surface area contributed by atoms with Crippen LogP contribution < -0.4 is 0 Å². The van der Waals surface area contributed by atoms with E-state index < -0.39 is 0 Å². The molecule has 0 bridgehead atoms. The summed E-state index contributed by atoms with van der Waals surface area (Å²) in [4.78, 5) is 21.3. The Hall–Kier alpha value is -3.01. The van der Waals surface area contributed by atoms with Crippen molar-refractivity contribution in [3.63, 3.8) is 0 Å². The van der Waals surface area contributed by atoms with Crippen molar-refractivity contribution in [2.75, 3.05) is 7.11 Å². The van der Waals surface area contributed by atoms with E-state index in [0.717, 1.165) is 35.4 Å². The van der Waals surface area contributed by atoms with Crippen molar-refractivity contribution in [3.05, 3.63) is 83.2 Å². The number of nitrogens with zero attached hydrogens (tertiary/aromatic N) is 2. The van der Waals surface area contributed by atoms with Gasteiger partial charge in [0, 0.05) is 22.5 Å². The number of ether oxygens (including phenoxy) is 1. The number of hydrogen-bond acceptors (Lipinski definition) is 4. The number of aryl methyl sites for hydroxylation is 3. The van der Waals surface area contributed by atoms with Gasteiger partial charge in [0.25, 0.3) is 0 Å². The molecular formula is C25H30N2O2. The van der Waals surface area contributed by atoms with E-state index in [2.05, 4.69) is 35.9 Å². The molecular weight excluding hydrogens is 360 g/mol.